The zero-order chi connectivity index (χ0) is 17.1. The van der Waals surface area contributed by atoms with Gasteiger partial charge in [-0.25, -0.2) is 14.1 Å². The molecule has 0 atom stereocenters. The first-order valence-electron chi connectivity index (χ1n) is 8.19. The highest BCUT2D eigenvalue weighted by Crippen LogP contribution is 2.15. The lowest BCUT2D eigenvalue weighted by molar-refractivity contribution is 0.617. The molecule has 0 aliphatic heterocycles. The van der Waals surface area contributed by atoms with Crippen LogP contribution in [-0.4, -0.2) is 24.5 Å². The maximum absolute atomic E-state index is 13.2. The van der Waals surface area contributed by atoms with Crippen LogP contribution < -0.4 is 0 Å². The molecule has 24 heavy (non-hydrogen) atoms. The highest BCUT2D eigenvalue weighted by molar-refractivity contribution is 5.32. The molecule has 0 saturated heterocycles. The minimum absolute atomic E-state index is 0.252. The summed E-state index contributed by atoms with van der Waals surface area (Å²) in [5.74, 6) is 1.95. The van der Waals surface area contributed by atoms with Crippen LogP contribution in [0.1, 0.15) is 31.1 Å². The molecule has 3 rings (SSSR count). The number of aromatic nitrogens is 5. The molecule has 3 aromatic rings. The first-order chi connectivity index (χ1) is 11.5. The number of rotatable bonds is 6. The predicted octanol–water partition coefficient (Wildman–Crippen LogP) is 3.12. The highest BCUT2D eigenvalue weighted by Gasteiger charge is 2.13. The Morgan fingerprint density at radius 3 is 2.50 bits per heavy atom. The smallest absolute Gasteiger partial charge is 0.151 e. The van der Waals surface area contributed by atoms with Crippen LogP contribution >= 0.6 is 0 Å². The number of hydrogen-bond donors (Lipinski definition) is 0. The van der Waals surface area contributed by atoms with Crippen molar-refractivity contribution in [2.75, 3.05) is 0 Å². The molecule has 2 aromatic heterocycles. The molecule has 0 fully saturated rings. The minimum atomic E-state index is -0.252. The van der Waals surface area contributed by atoms with E-state index in [0.717, 1.165) is 42.2 Å². The van der Waals surface area contributed by atoms with Crippen LogP contribution in [0.3, 0.4) is 0 Å². The van der Waals surface area contributed by atoms with Gasteiger partial charge in [0.15, 0.2) is 5.82 Å². The second-order valence-corrected chi connectivity index (χ2v) is 6.45. The fourth-order valence-electron chi connectivity index (χ4n) is 2.65. The van der Waals surface area contributed by atoms with Crippen LogP contribution in [0.25, 0.3) is 5.69 Å². The zero-order valence-electron chi connectivity index (χ0n) is 14.3. The molecular formula is C18H22FN5. The Balaban J connectivity index is 1.87. The molecule has 5 nitrogen and oxygen atoms in total. The van der Waals surface area contributed by atoms with Gasteiger partial charge in [-0.1, -0.05) is 13.8 Å². The Kier molecular flexibility index (Phi) is 4.74. The van der Waals surface area contributed by atoms with E-state index in [0.29, 0.717) is 5.92 Å². The summed E-state index contributed by atoms with van der Waals surface area (Å²) in [5, 5.41) is 8.83. The quantitative estimate of drug-likeness (QED) is 0.699. The van der Waals surface area contributed by atoms with Crippen LogP contribution in [-0.2, 0) is 26.3 Å². The fourth-order valence-corrected chi connectivity index (χ4v) is 2.65. The van der Waals surface area contributed by atoms with Gasteiger partial charge < -0.3 is 0 Å². The van der Waals surface area contributed by atoms with E-state index in [-0.39, 0.29) is 5.82 Å². The van der Waals surface area contributed by atoms with Crippen molar-refractivity contribution in [2.24, 2.45) is 13.0 Å². The second-order valence-electron chi connectivity index (χ2n) is 6.45. The maximum Gasteiger partial charge on any atom is 0.151 e. The lowest BCUT2D eigenvalue weighted by atomic mass is 10.1. The van der Waals surface area contributed by atoms with Gasteiger partial charge in [-0.2, -0.15) is 10.2 Å². The highest BCUT2D eigenvalue weighted by atomic mass is 19.1. The van der Waals surface area contributed by atoms with Crippen LogP contribution in [0, 0.1) is 11.7 Å². The third-order valence-electron chi connectivity index (χ3n) is 3.78. The number of aryl methyl sites for hydroxylation is 3. The van der Waals surface area contributed by atoms with Gasteiger partial charge in [0.25, 0.3) is 0 Å². The molecular weight excluding hydrogens is 305 g/mol. The van der Waals surface area contributed by atoms with Gasteiger partial charge in [0.05, 0.1) is 11.9 Å². The zero-order valence-corrected chi connectivity index (χ0v) is 14.3. The molecule has 0 unspecified atom stereocenters. The van der Waals surface area contributed by atoms with Crippen molar-refractivity contribution < 1.29 is 4.39 Å². The summed E-state index contributed by atoms with van der Waals surface area (Å²) in [7, 11) is 1.91. The lowest BCUT2D eigenvalue weighted by Crippen LogP contribution is -2.05. The van der Waals surface area contributed by atoms with Crippen molar-refractivity contribution in [3.05, 3.63) is 59.7 Å². The average molecular weight is 327 g/mol. The molecule has 0 radical (unpaired) electrons. The van der Waals surface area contributed by atoms with Crippen LogP contribution in [0.2, 0.25) is 0 Å². The maximum atomic E-state index is 13.2. The normalized spacial score (nSPS) is 11.4. The molecule has 0 amide bonds. The predicted molar refractivity (Wildman–Crippen MR) is 90.5 cm³/mol. The Morgan fingerprint density at radius 2 is 1.88 bits per heavy atom. The Hall–Kier alpha value is -2.50. The molecule has 126 valence electrons. The molecule has 0 aliphatic rings. The van der Waals surface area contributed by atoms with E-state index in [1.54, 1.807) is 16.8 Å². The molecule has 0 bridgehead atoms. The summed E-state index contributed by atoms with van der Waals surface area (Å²) in [6.45, 7) is 4.29. The van der Waals surface area contributed by atoms with E-state index in [9.17, 15) is 4.39 Å². The van der Waals surface area contributed by atoms with Crippen molar-refractivity contribution >= 4 is 0 Å². The van der Waals surface area contributed by atoms with E-state index in [1.807, 2.05) is 24.1 Å². The third-order valence-corrected chi connectivity index (χ3v) is 3.78. The standard InChI is InChI=1S/C18H22FN5/c1-13(2)10-17-21-18(9-4-14-11-20-23(3)12-14)24(22-17)16-7-5-15(19)6-8-16/h5-8,11-13H,4,9-10H2,1-3H3. The van der Waals surface area contributed by atoms with Crippen LogP contribution in [0.15, 0.2) is 36.7 Å². The van der Waals surface area contributed by atoms with E-state index in [2.05, 4.69) is 24.0 Å². The van der Waals surface area contributed by atoms with Crippen molar-refractivity contribution in [3.8, 4) is 5.69 Å². The Morgan fingerprint density at radius 1 is 1.12 bits per heavy atom. The summed E-state index contributed by atoms with van der Waals surface area (Å²) in [4.78, 5) is 4.70. The fraction of sp³-hybridized carbons (Fsp3) is 0.389. The molecule has 0 N–H and O–H groups in total. The van der Waals surface area contributed by atoms with E-state index in [4.69, 9.17) is 4.98 Å². The minimum Gasteiger partial charge on any atom is -0.276 e. The monoisotopic (exact) mass is 327 g/mol. The summed E-state index contributed by atoms with van der Waals surface area (Å²) >= 11 is 0. The van der Waals surface area contributed by atoms with Gasteiger partial charge in [-0.15, -0.1) is 0 Å². The van der Waals surface area contributed by atoms with Gasteiger partial charge in [0.1, 0.15) is 11.6 Å². The Labute approximate surface area is 141 Å². The van der Waals surface area contributed by atoms with Gasteiger partial charge in [-0.05, 0) is 42.2 Å². The third kappa shape index (κ3) is 3.88. The van der Waals surface area contributed by atoms with Gasteiger partial charge >= 0.3 is 0 Å². The molecule has 0 saturated carbocycles. The SMILES string of the molecule is CC(C)Cc1nc(CCc2cnn(C)c2)n(-c2ccc(F)cc2)n1. The molecule has 2 heterocycles. The van der Waals surface area contributed by atoms with Crippen molar-refractivity contribution in [3.63, 3.8) is 0 Å². The summed E-state index contributed by atoms with van der Waals surface area (Å²) in [6.07, 6.45) is 6.30. The van der Waals surface area contributed by atoms with Crippen molar-refractivity contribution in [1.29, 1.82) is 0 Å². The van der Waals surface area contributed by atoms with E-state index >= 15 is 0 Å². The number of halogens is 1. The number of benzene rings is 1. The van der Waals surface area contributed by atoms with E-state index < -0.39 is 0 Å². The van der Waals surface area contributed by atoms with Crippen molar-refractivity contribution in [1.82, 2.24) is 24.5 Å². The Bertz CT molecular complexity index is 801. The second kappa shape index (κ2) is 6.95. The largest absolute Gasteiger partial charge is 0.276 e. The summed E-state index contributed by atoms with van der Waals surface area (Å²) in [6, 6.07) is 6.36. The average Bonchev–Trinajstić information content (AvgIpc) is 3.11. The summed E-state index contributed by atoms with van der Waals surface area (Å²) < 4.78 is 16.8. The molecule has 1 aromatic carbocycles. The van der Waals surface area contributed by atoms with Gasteiger partial charge in [0.2, 0.25) is 0 Å². The van der Waals surface area contributed by atoms with Crippen LogP contribution in [0.4, 0.5) is 4.39 Å². The molecule has 0 spiro atoms. The lowest BCUT2D eigenvalue weighted by Gasteiger charge is -2.05. The first-order valence-corrected chi connectivity index (χ1v) is 8.19. The van der Waals surface area contributed by atoms with Gasteiger partial charge in [-0.3, -0.25) is 4.68 Å². The van der Waals surface area contributed by atoms with Gasteiger partial charge in [0, 0.05) is 26.1 Å². The topological polar surface area (TPSA) is 48.5 Å². The number of nitrogens with zero attached hydrogens (tertiary/aromatic N) is 5. The summed E-state index contributed by atoms with van der Waals surface area (Å²) in [5.41, 5.74) is 2.00. The molecule has 6 heteroatoms. The van der Waals surface area contributed by atoms with Crippen molar-refractivity contribution in [2.45, 2.75) is 33.1 Å². The molecule has 0 aliphatic carbocycles. The van der Waals surface area contributed by atoms with E-state index in [1.165, 1.54) is 12.1 Å². The first kappa shape index (κ1) is 16.4. The number of hydrogen-bond acceptors (Lipinski definition) is 3. The van der Waals surface area contributed by atoms with Crippen LogP contribution in [0.5, 0.6) is 0 Å².